The van der Waals surface area contributed by atoms with E-state index < -0.39 is 36.0 Å². The number of rotatable bonds is 6. The van der Waals surface area contributed by atoms with Crippen LogP contribution in [0.25, 0.3) is 0 Å². The fraction of sp³-hybridized carbons (Fsp3) is 0.364. The topological polar surface area (TPSA) is 161 Å². The molecule has 0 radical (unpaired) electrons. The van der Waals surface area contributed by atoms with Crippen molar-refractivity contribution < 1.29 is 24.6 Å². The number of carbonyl (C=O) groups is 3. The lowest BCUT2D eigenvalue weighted by Crippen LogP contribution is -2.43. The minimum Gasteiger partial charge on any atom is -0.481 e. The van der Waals surface area contributed by atoms with Gasteiger partial charge in [-0.3, -0.25) is 19.9 Å². The molecule has 1 aromatic rings. The number of aromatic amines is 1. The largest absolute Gasteiger partial charge is 0.481 e. The van der Waals surface area contributed by atoms with Crippen LogP contribution in [0.4, 0.5) is 10.7 Å². The van der Waals surface area contributed by atoms with Gasteiger partial charge in [-0.15, -0.1) is 0 Å². The van der Waals surface area contributed by atoms with Crippen LogP contribution in [-0.4, -0.2) is 44.2 Å². The minimum absolute atomic E-state index is 0.139. The number of aliphatic carboxylic acids is 2. The Kier molecular flexibility index (Phi) is 5.40. The maximum absolute atomic E-state index is 11.6. The van der Waals surface area contributed by atoms with E-state index in [1.165, 1.54) is 6.07 Å². The lowest BCUT2D eigenvalue weighted by atomic mass is 10.1. The van der Waals surface area contributed by atoms with Gasteiger partial charge in [-0.25, -0.2) is 14.6 Å². The first-order chi connectivity index (χ1) is 9.77. The van der Waals surface area contributed by atoms with Crippen LogP contribution in [0.15, 0.2) is 10.9 Å². The van der Waals surface area contributed by atoms with Gasteiger partial charge in [0.05, 0.1) is 0 Å². The number of carbonyl (C=O) groups excluding carboxylic acids is 1. The van der Waals surface area contributed by atoms with E-state index in [0.717, 1.165) is 0 Å². The number of aryl methyl sites for hydroxylation is 1. The van der Waals surface area contributed by atoms with Gasteiger partial charge in [-0.05, 0) is 13.3 Å². The van der Waals surface area contributed by atoms with Crippen molar-refractivity contribution in [1.29, 1.82) is 0 Å². The molecule has 2 amide bonds. The number of nitrogens with zero attached hydrogens (tertiary/aromatic N) is 1. The van der Waals surface area contributed by atoms with Gasteiger partial charge >= 0.3 is 18.0 Å². The van der Waals surface area contributed by atoms with E-state index in [1.54, 1.807) is 6.92 Å². The van der Waals surface area contributed by atoms with Crippen LogP contribution < -0.4 is 16.2 Å². The molecule has 0 saturated heterocycles. The molecular formula is C11H14N4O6. The summed E-state index contributed by atoms with van der Waals surface area (Å²) in [5, 5.41) is 21.6. The zero-order valence-corrected chi connectivity index (χ0v) is 11.0. The highest BCUT2D eigenvalue weighted by Crippen LogP contribution is 2.00. The third kappa shape index (κ3) is 5.72. The standard InChI is InChI=1S/C11H14N4O6/c1-5-4-7(16)14-10(12-5)15-11(21)13-6(9(19)20)2-3-8(17)18/h4,6H,2-3H2,1H3,(H,17,18)(H,19,20)(H3,12,13,14,15,16,21)/t6-/m0/s1. The van der Waals surface area contributed by atoms with Gasteiger partial charge in [0.2, 0.25) is 5.95 Å². The Morgan fingerprint density at radius 1 is 1.38 bits per heavy atom. The second-order valence-electron chi connectivity index (χ2n) is 4.16. The minimum atomic E-state index is -1.36. The summed E-state index contributed by atoms with van der Waals surface area (Å²) in [5.41, 5.74) is -0.104. The number of hydrogen-bond acceptors (Lipinski definition) is 5. The van der Waals surface area contributed by atoms with Crippen LogP contribution in [-0.2, 0) is 9.59 Å². The van der Waals surface area contributed by atoms with Crippen LogP contribution in [0.2, 0.25) is 0 Å². The van der Waals surface area contributed by atoms with Crippen LogP contribution >= 0.6 is 0 Å². The molecule has 0 saturated carbocycles. The van der Waals surface area contributed by atoms with E-state index in [-0.39, 0.29) is 12.4 Å². The maximum Gasteiger partial charge on any atom is 0.326 e. The average Bonchev–Trinajstić information content (AvgIpc) is 2.32. The van der Waals surface area contributed by atoms with Crippen molar-refractivity contribution in [3.63, 3.8) is 0 Å². The highest BCUT2D eigenvalue weighted by atomic mass is 16.4. The van der Waals surface area contributed by atoms with E-state index in [0.29, 0.717) is 5.69 Å². The molecule has 1 heterocycles. The second-order valence-corrected chi connectivity index (χ2v) is 4.16. The first-order valence-corrected chi connectivity index (χ1v) is 5.88. The number of amides is 2. The maximum atomic E-state index is 11.6. The Morgan fingerprint density at radius 3 is 2.57 bits per heavy atom. The van der Waals surface area contributed by atoms with E-state index in [9.17, 15) is 19.2 Å². The Hall–Kier alpha value is -2.91. The summed E-state index contributed by atoms with van der Waals surface area (Å²) < 4.78 is 0. The fourth-order valence-corrected chi connectivity index (χ4v) is 1.47. The zero-order valence-electron chi connectivity index (χ0n) is 11.0. The summed E-state index contributed by atoms with van der Waals surface area (Å²) >= 11 is 0. The molecule has 1 atom stereocenters. The molecule has 0 aromatic carbocycles. The third-order valence-electron chi connectivity index (χ3n) is 2.35. The van der Waals surface area contributed by atoms with Crippen molar-refractivity contribution in [3.8, 4) is 0 Å². The molecule has 10 heteroatoms. The molecule has 0 aliphatic rings. The van der Waals surface area contributed by atoms with Crippen molar-refractivity contribution in [3.05, 3.63) is 22.1 Å². The summed E-state index contributed by atoms with van der Waals surface area (Å²) in [5.74, 6) is -2.68. The molecule has 0 aliphatic heterocycles. The Bertz CT molecular complexity index is 611. The first kappa shape index (κ1) is 16.1. The van der Waals surface area contributed by atoms with Gasteiger partial charge < -0.3 is 15.5 Å². The molecule has 1 aromatic heterocycles. The predicted molar refractivity (Wildman–Crippen MR) is 70.0 cm³/mol. The van der Waals surface area contributed by atoms with Gasteiger partial charge in [0, 0.05) is 18.2 Å². The van der Waals surface area contributed by atoms with Crippen LogP contribution in [0.3, 0.4) is 0 Å². The molecule has 0 unspecified atom stereocenters. The Balaban J connectivity index is 2.67. The Labute approximate surface area is 118 Å². The number of carboxylic acid groups (broad SMARTS) is 2. The SMILES string of the molecule is Cc1cc(=O)[nH]c(NC(=O)N[C@@H](CCC(=O)O)C(=O)O)n1. The smallest absolute Gasteiger partial charge is 0.326 e. The fourth-order valence-electron chi connectivity index (χ4n) is 1.47. The summed E-state index contributed by atoms with van der Waals surface area (Å²) in [4.78, 5) is 50.2. The first-order valence-electron chi connectivity index (χ1n) is 5.88. The molecule has 1 rings (SSSR count). The zero-order chi connectivity index (χ0) is 16.0. The highest BCUT2D eigenvalue weighted by Gasteiger charge is 2.21. The summed E-state index contributed by atoms with van der Waals surface area (Å²) in [6, 6.07) is -1.06. The number of nitrogens with one attached hydrogen (secondary N) is 3. The van der Waals surface area contributed by atoms with E-state index in [1.807, 2.05) is 0 Å². The van der Waals surface area contributed by atoms with Crippen molar-refractivity contribution in [2.24, 2.45) is 0 Å². The van der Waals surface area contributed by atoms with Crippen molar-refractivity contribution in [1.82, 2.24) is 15.3 Å². The monoisotopic (exact) mass is 298 g/mol. The molecule has 21 heavy (non-hydrogen) atoms. The summed E-state index contributed by atoms with van der Waals surface area (Å²) in [6.45, 7) is 1.55. The second kappa shape index (κ2) is 7.03. The van der Waals surface area contributed by atoms with Crippen molar-refractivity contribution in [2.45, 2.75) is 25.8 Å². The number of carboxylic acids is 2. The summed E-state index contributed by atoms with van der Waals surface area (Å²) in [7, 11) is 0. The molecule has 0 aliphatic carbocycles. The molecule has 0 fully saturated rings. The number of aromatic nitrogens is 2. The summed E-state index contributed by atoms with van der Waals surface area (Å²) in [6.07, 6.45) is -0.674. The van der Waals surface area contributed by atoms with Crippen molar-refractivity contribution >= 4 is 23.9 Å². The van der Waals surface area contributed by atoms with Crippen LogP contribution in [0.5, 0.6) is 0 Å². The number of anilines is 1. The molecule has 5 N–H and O–H groups in total. The van der Waals surface area contributed by atoms with Gasteiger partial charge in [0.1, 0.15) is 6.04 Å². The predicted octanol–water partition coefficient (Wildman–Crippen LogP) is -0.482. The molecular weight excluding hydrogens is 284 g/mol. The lowest BCUT2D eigenvalue weighted by molar-refractivity contribution is -0.140. The molecule has 10 nitrogen and oxygen atoms in total. The van der Waals surface area contributed by atoms with Gasteiger partial charge in [-0.2, -0.15) is 0 Å². The van der Waals surface area contributed by atoms with Crippen LogP contribution in [0.1, 0.15) is 18.5 Å². The normalized spacial score (nSPS) is 11.5. The Morgan fingerprint density at radius 2 is 2.05 bits per heavy atom. The molecule has 0 bridgehead atoms. The van der Waals surface area contributed by atoms with E-state index in [2.05, 4.69) is 20.6 Å². The van der Waals surface area contributed by atoms with E-state index >= 15 is 0 Å². The van der Waals surface area contributed by atoms with E-state index in [4.69, 9.17) is 10.2 Å². The van der Waals surface area contributed by atoms with Crippen LogP contribution in [0, 0.1) is 6.92 Å². The van der Waals surface area contributed by atoms with Gasteiger partial charge in [0.15, 0.2) is 0 Å². The van der Waals surface area contributed by atoms with Crippen molar-refractivity contribution in [2.75, 3.05) is 5.32 Å². The lowest BCUT2D eigenvalue weighted by Gasteiger charge is -2.13. The molecule has 114 valence electrons. The van der Waals surface area contributed by atoms with Gasteiger partial charge in [-0.1, -0.05) is 0 Å². The number of urea groups is 1. The third-order valence-corrected chi connectivity index (χ3v) is 2.35. The highest BCUT2D eigenvalue weighted by molar-refractivity contribution is 5.90. The number of hydrogen-bond donors (Lipinski definition) is 5. The molecule has 0 spiro atoms. The van der Waals surface area contributed by atoms with Gasteiger partial charge in [0.25, 0.3) is 5.56 Å². The number of H-pyrrole nitrogens is 1. The quantitative estimate of drug-likeness (QED) is 0.473. The average molecular weight is 298 g/mol.